The van der Waals surface area contributed by atoms with Crippen molar-refractivity contribution >= 4 is 23.2 Å². The zero-order valence-corrected chi connectivity index (χ0v) is 14.5. The number of nitrogens with zero attached hydrogens (tertiary/aromatic N) is 2. The van der Waals surface area contributed by atoms with Gasteiger partial charge in [-0.05, 0) is 42.0 Å². The van der Waals surface area contributed by atoms with Crippen molar-refractivity contribution in [3.63, 3.8) is 0 Å². The summed E-state index contributed by atoms with van der Waals surface area (Å²) in [4.78, 5) is 30.3. The first kappa shape index (κ1) is 16.8. The fourth-order valence-corrected chi connectivity index (χ4v) is 2.91. The van der Waals surface area contributed by atoms with Gasteiger partial charge in [-0.3, -0.25) is 14.6 Å². The number of ether oxygens (including phenoxy) is 1. The van der Waals surface area contributed by atoms with Gasteiger partial charge in [0, 0.05) is 11.8 Å². The van der Waals surface area contributed by atoms with Gasteiger partial charge in [0.25, 0.3) is 11.8 Å². The Morgan fingerprint density at radius 3 is 2.67 bits per heavy atom. The Labute approximate surface area is 156 Å². The first-order valence-corrected chi connectivity index (χ1v) is 8.53. The van der Waals surface area contributed by atoms with E-state index in [-0.39, 0.29) is 18.4 Å². The number of para-hydroxylation sites is 2. The average Bonchev–Trinajstić information content (AvgIpc) is 2.71. The molecule has 0 saturated carbocycles. The number of amides is 2. The van der Waals surface area contributed by atoms with Crippen molar-refractivity contribution in [2.24, 2.45) is 0 Å². The first-order chi connectivity index (χ1) is 13.2. The Morgan fingerprint density at radius 2 is 1.89 bits per heavy atom. The summed E-state index contributed by atoms with van der Waals surface area (Å²) in [6, 6.07) is 18.2. The van der Waals surface area contributed by atoms with Gasteiger partial charge in [0.15, 0.2) is 6.61 Å². The molecule has 0 spiro atoms. The standard InChI is InChI=1S/C21H17N3O3/c25-20-14-27-19-6-2-1-5-18(19)24(20)13-15-7-9-16(10-8-15)21(26)23-17-4-3-11-22-12-17/h1-12H,13-14H2,(H,23,26). The molecule has 3 aromatic rings. The number of anilines is 2. The zero-order chi connectivity index (χ0) is 18.6. The molecule has 6 nitrogen and oxygen atoms in total. The third-order valence-corrected chi connectivity index (χ3v) is 4.28. The van der Waals surface area contributed by atoms with Crippen LogP contribution in [0, 0.1) is 0 Å². The largest absolute Gasteiger partial charge is 0.482 e. The van der Waals surface area contributed by atoms with Crippen molar-refractivity contribution < 1.29 is 14.3 Å². The molecule has 0 fully saturated rings. The highest BCUT2D eigenvalue weighted by Crippen LogP contribution is 2.32. The second kappa shape index (κ2) is 7.29. The third kappa shape index (κ3) is 3.64. The van der Waals surface area contributed by atoms with Crippen LogP contribution in [-0.4, -0.2) is 23.4 Å². The predicted octanol–water partition coefficient (Wildman–Crippen LogP) is 3.26. The smallest absolute Gasteiger partial charge is 0.265 e. The second-order valence-corrected chi connectivity index (χ2v) is 6.13. The van der Waals surface area contributed by atoms with Crippen LogP contribution in [0.25, 0.3) is 0 Å². The van der Waals surface area contributed by atoms with Crippen molar-refractivity contribution in [3.8, 4) is 5.75 Å². The normalized spacial score (nSPS) is 12.9. The molecule has 0 bridgehead atoms. The van der Waals surface area contributed by atoms with Crippen LogP contribution in [0.1, 0.15) is 15.9 Å². The summed E-state index contributed by atoms with van der Waals surface area (Å²) in [7, 11) is 0. The number of carbonyl (C=O) groups is 2. The number of carbonyl (C=O) groups excluding carboxylic acids is 2. The minimum absolute atomic E-state index is 0.0304. The van der Waals surface area contributed by atoms with Gasteiger partial charge in [-0.1, -0.05) is 24.3 Å². The molecule has 0 aliphatic carbocycles. The monoisotopic (exact) mass is 359 g/mol. The van der Waals surface area contributed by atoms with Crippen molar-refractivity contribution in [2.75, 3.05) is 16.8 Å². The molecule has 0 unspecified atom stereocenters. The Bertz CT molecular complexity index is 971. The van der Waals surface area contributed by atoms with Crippen LogP contribution >= 0.6 is 0 Å². The van der Waals surface area contributed by atoms with Gasteiger partial charge in [-0.25, -0.2) is 0 Å². The summed E-state index contributed by atoms with van der Waals surface area (Å²) in [5.41, 5.74) is 2.86. The first-order valence-electron chi connectivity index (χ1n) is 8.53. The summed E-state index contributed by atoms with van der Waals surface area (Å²) in [5, 5.41) is 2.80. The van der Waals surface area contributed by atoms with Gasteiger partial charge < -0.3 is 15.0 Å². The van der Waals surface area contributed by atoms with Crippen LogP contribution in [-0.2, 0) is 11.3 Å². The van der Waals surface area contributed by atoms with Crippen molar-refractivity contribution in [2.45, 2.75) is 6.54 Å². The average molecular weight is 359 g/mol. The number of fused-ring (bicyclic) bond motifs is 1. The van der Waals surface area contributed by atoms with Gasteiger partial charge in [-0.15, -0.1) is 0 Å². The summed E-state index contributed by atoms with van der Waals surface area (Å²) < 4.78 is 5.46. The van der Waals surface area contributed by atoms with E-state index in [1.165, 1.54) is 0 Å². The van der Waals surface area contributed by atoms with E-state index in [9.17, 15) is 9.59 Å². The number of rotatable bonds is 4. The van der Waals surface area contributed by atoms with Crippen molar-refractivity contribution in [1.82, 2.24) is 4.98 Å². The van der Waals surface area contributed by atoms with E-state index in [0.717, 1.165) is 11.3 Å². The highest BCUT2D eigenvalue weighted by Gasteiger charge is 2.25. The molecule has 2 aromatic carbocycles. The highest BCUT2D eigenvalue weighted by atomic mass is 16.5. The number of benzene rings is 2. The van der Waals surface area contributed by atoms with E-state index < -0.39 is 0 Å². The van der Waals surface area contributed by atoms with Crippen LogP contribution in [0.4, 0.5) is 11.4 Å². The number of aromatic nitrogens is 1. The summed E-state index contributed by atoms with van der Waals surface area (Å²) >= 11 is 0. The molecule has 2 amide bonds. The summed E-state index contributed by atoms with van der Waals surface area (Å²) in [6.45, 7) is 0.451. The summed E-state index contributed by atoms with van der Waals surface area (Å²) in [6.07, 6.45) is 3.24. The Balaban J connectivity index is 1.48. The van der Waals surface area contributed by atoms with E-state index in [1.807, 2.05) is 36.4 Å². The van der Waals surface area contributed by atoms with Gasteiger partial charge in [0.2, 0.25) is 0 Å². The lowest BCUT2D eigenvalue weighted by Crippen LogP contribution is -2.38. The van der Waals surface area contributed by atoms with E-state index >= 15 is 0 Å². The van der Waals surface area contributed by atoms with Gasteiger partial charge in [0.1, 0.15) is 5.75 Å². The van der Waals surface area contributed by atoms with Crippen molar-refractivity contribution in [3.05, 3.63) is 84.2 Å². The second-order valence-electron chi connectivity index (χ2n) is 6.13. The maximum atomic E-state index is 12.3. The van der Waals surface area contributed by atoms with Crippen molar-refractivity contribution in [1.29, 1.82) is 0 Å². The Kier molecular flexibility index (Phi) is 4.53. The third-order valence-electron chi connectivity index (χ3n) is 4.28. The minimum atomic E-state index is -0.206. The maximum Gasteiger partial charge on any atom is 0.265 e. The van der Waals surface area contributed by atoms with Gasteiger partial charge in [-0.2, -0.15) is 0 Å². The molecule has 2 heterocycles. The number of hydrogen-bond donors (Lipinski definition) is 1. The molecule has 6 heteroatoms. The molecule has 1 aromatic heterocycles. The van der Waals surface area contributed by atoms with Crippen LogP contribution in [0.15, 0.2) is 73.1 Å². The highest BCUT2D eigenvalue weighted by molar-refractivity contribution is 6.04. The molecule has 1 aliphatic heterocycles. The molecule has 1 aliphatic rings. The van der Waals surface area contributed by atoms with Gasteiger partial charge >= 0.3 is 0 Å². The number of pyridine rings is 1. The topological polar surface area (TPSA) is 71.5 Å². The molecule has 4 rings (SSSR count). The molecule has 134 valence electrons. The SMILES string of the molecule is O=C(Nc1cccnc1)c1ccc(CN2C(=O)COc3ccccc32)cc1. The lowest BCUT2D eigenvalue weighted by Gasteiger charge is -2.29. The van der Waals surface area contributed by atoms with Crippen LogP contribution < -0.4 is 15.0 Å². The molecular weight excluding hydrogens is 342 g/mol. The molecule has 27 heavy (non-hydrogen) atoms. The molecule has 1 N–H and O–H groups in total. The quantitative estimate of drug-likeness (QED) is 0.776. The van der Waals surface area contributed by atoms with E-state index in [1.54, 1.807) is 41.6 Å². The minimum Gasteiger partial charge on any atom is -0.482 e. The lowest BCUT2D eigenvalue weighted by molar-refractivity contribution is -0.121. The van der Waals surface area contributed by atoms with Gasteiger partial charge in [0.05, 0.1) is 24.1 Å². The number of nitrogens with one attached hydrogen (secondary N) is 1. The lowest BCUT2D eigenvalue weighted by atomic mass is 10.1. The predicted molar refractivity (Wildman–Crippen MR) is 102 cm³/mol. The molecule has 0 radical (unpaired) electrons. The Morgan fingerprint density at radius 1 is 1.07 bits per heavy atom. The van der Waals surface area contributed by atoms with Crippen LogP contribution in [0.3, 0.4) is 0 Å². The zero-order valence-electron chi connectivity index (χ0n) is 14.5. The molecular formula is C21H17N3O3. The van der Waals surface area contributed by atoms with E-state index in [4.69, 9.17) is 4.74 Å². The number of hydrogen-bond acceptors (Lipinski definition) is 4. The summed E-state index contributed by atoms with van der Waals surface area (Å²) in [5.74, 6) is 0.402. The fourth-order valence-electron chi connectivity index (χ4n) is 2.91. The molecule has 0 saturated heterocycles. The molecule has 0 atom stereocenters. The van der Waals surface area contributed by atoms with E-state index in [0.29, 0.717) is 23.5 Å². The van der Waals surface area contributed by atoms with E-state index in [2.05, 4.69) is 10.3 Å². The fraction of sp³-hybridized carbons (Fsp3) is 0.0952. The Hall–Kier alpha value is -3.67. The van der Waals surface area contributed by atoms with Crippen LogP contribution in [0.2, 0.25) is 0 Å². The van der Waals surface area contributed by atoms with Crippen LogP contribution in [0.5, 0.6) is 5.75 Å². The maximum absolute atomic E-state index is 12.3.